The minimum Gasteiger partial charge on any atom is -0.469 e. The number of carbonyl (C=O) groups excluding carboxylic acids is 2. The molecular formula is C19H30O6S2. The van der Waals surface area contributed by atoms with Crippen LogP contribution >= 0.6 is 23.5 Å². The quantitative estimate of drug-likeness (QED) is 0.272. The van der Waals surface area contributed by atoms with Gasteiger partial charge in [0.1, 0.15) is 0 Å². The Morgan fingerprint density at radius 2 is 1.52 bits per heavy atom. The number of esters is 2. The first-order chi connectivity index (χ1) is 12.9. The lowest BCUT2D eigenvalue weighted by Crippen LogP contribution is -2.50. The normalized spacial score (nSPS) is 17.7. The Balaban J connectivity index is 2.55. The van der Waals surface area contributed by atoms with Crippen LogP contribution in [-0.4, -0.2) is 68.2 Å². The summed E-state index contributed by atoms with van der Waals surface area (Å²) in [5.41, 5.74) is -0.169. The van der Waals surface area contributed by atoms with Crippen molar-refractivity contribution in [3.05, 3.63) is 0 Å². The smallest absolute Gasteiger partial charge is 0.306 e. The number of hydrogen-bond donors (Lipinski definition) is 0. The van der Waals surface area contributed by atoms with Crippen LogP contribution in [0.3, 0.4) is 0 Å². The number of hydrogen-bond acceptors (Lipinski definition) is 8. The first-order valence-corrected chi connectivity index (χ1v) is 11.2. The maximum absolute atomic E-state index is 11.3. The second-order valence-corrected chi connectivity index (χ2v) is 8.88. The van der Waals surface area contributed by atoms with Gasteiger partial charge in [-0.3, -0.25) is 9.59 Å². The van der Waals surface area contributed by atoms with Crippen molar-refractivity contribution >= 4 is 35.5 Å². The fourth-order valence-electron chi connectivity index (χ4n) is 2.44. The molecule has 0 unspecified atom stereocenters. The lowest BCUT2D eigenvalue weighted by atomic mass is 9.93. The Morgan fingerprint density at radius 1 is 1.04 bits per heavy atom. The molecule has 0 aromatic rings. The van der Waals surface area contributed by atoms with Gasteiger partial charge < -0.3 is 18.9 Å². The van der Waals surface area contributed by atoms with E-state index < -0.39 is 5.79 Å². The molecule has 1 fully saturated rings. The summed E-state index contributed by atoms with van der Waals surface area (Å²) in [4.78, 5) is 22.6. The number of methoxy groups -OCH3 is 2. The standard InChI is InChI=1S/C19H30O6S2/c1-5-6-9-18(2)24-12-19(13-25-18,14-26-10-7-16(20)22-3)15-27-11-8-17(21)23-4/h1H,6-15H2,2-4H3. The average Bonchev–Trinajstić information content (AvgIpc) is 2.69. The highest BCUT2D eigenvalue weighted by Crippen LogP contribution is 2.37. The Hall–Kier alpha value is -0.880. The molecule has 8 heteroatoms. The largest absolute Gasteiger partial charge is 0.469 e. The van der Waals surface area contributed by atoms with Crippen molar-refractivity contribution in [1.82, 2.24) is 0 Å². The average molecular weight is 419 g/mol. The fraction of sp³-hybridized carbons (Fsp3) is 0.789. The molecule has 154 valence electrons. The topological polar surface area (TPSA) is 71.1 Å². The van der Waals surface area contributed by atoms with Crippen molar-refractivity contribution in [3.8, 4) is 12.3 Å². The van der Waals surface area contributed by atoms with Crippen LogP contribution in [0.4, 0.5) is 0 Å². The van der Waals surface area contributed by atoms with Gasteiger partial charge in [0.2, 0.25) is 0 Å². The van der Waals surface area contributed by atoms with Crippen molar-refractivity contribution < 1.29 is 28.5 Å². The SMILES string of the molecule is C#CCCC1(C)OCC(CSCCC(=O)OC)(CSCCC(=O)OC)CO1. The first-order valence-electron chi connectivity index (χ1n) is 8.89. The van der Waals surface area contributed by atoms with Crippen molar-refractivity contribution in [1.29, 1.82) is 0 Å². The van der Waals surface area contributed by atoms with E-state index in [1.807, 2.05) is 6.92 Å². The molecule has 1 aliphatic rings. The predicted molar refractivity (Wildman–Crippen MR) is 109 cm³/mol. The van der Waals surface area contributed by atoms with E-state index in [1.165, 1.54) is 14.2 Å². The Labute approximate surface area is 170 Å². The van der Waals surface area contributed by atoms with E-state index in [0.717, 1.165) is 11.5 Å². The van der Waals surface area contributed by atoms with Gasteiger partial charge in [-0.05, 0) is 6.92 Å². The summed E-state index contributed by atoms with van der Waals surface area (Å²) >= 11 is 3.38. The van der Waals surface area contributed by atoms with E-state index >= 15 is 0 Å². The van der Waals surface area contributed by atoms with Gasteiger partial charge in [0.25, 0.3) is 0 Å². The molecule has 0 aliphatic carbocycles. The first kappa shape index (κ1) is 24.2. The molecule has 27 heavy (non-hydrogen) atoms. The molecular weight excluding hydrogens is 388 g/mol. The maximum Gasteiger partial charge on any atom is 0.306 e. The molecule has 0 spiro atoms. The predicted octanol–water partition coefficient (Wildman–Crippen LogP) is 2.74. The number of carbonyl (C=O) groups is 2. The third-order valence-corrected chi connectivity index (χ3v) is 6.88. The van der Waals surface area contributed by atoms with E-state index in [9.17, 15) is 9.59 Å². The highest BCUT2D eigenvalue weighted by Gasteiger charge is 2.41. The molecule has 0 N–H and O–H groups in total. The molecule has 0 saturated carbocycles. The summed E-state index contributed by atoms with van der Waals surface area (Å²) in [6, 6.07) is 0. The van der Waals surface area contributed by atoms with Crippen molar-refractivity contribution in [3.63, 3.8) is 0 Å². The zero-order valence-corrected chi connectivity index (χ0v) is 18.0. The van der Waals surface area contributed by atoms with Crippen LogP contribution in [-0.2, 0) is 28.5 Å². The molecule has 0 aromatic carbocycles. The van der Waals surface area contributed by atoms with Crippen LogP contribution in [0.1, 0.15) is 32.6 Å². The van der Waals surface area contributed by atoms with Gasteiger partial charge in [0, 0.05) is 41.3 Å². The number of rotatable bonds is 12. The molecule has 0 atom stereocenters. The molecule has 1 saturated heterocycles. The Bertz CT molecular complexity index is 483. The van der Waals surface area contributed by atoms with Gasteiger partial charge in [0.05, 0.1) is 40.3 Å². The van der Waals surface area contributed by atoms with Crippen LogP contribution in [0.15, 0.2) is 0 Å². The summed E-state index contributed by atoms with van der Waals surface area (Å²) in [5, 5.41) is 0. The molecule has 6 nitrogen and oxygen atoms in total. The number of ether oxygens (including phenoxy) is 4. The fourth-order valence-corrected chi connectivity index (χ4v) is 4.88. The van der Waals surface area contributed by atoms with Gasteiger partial charge in [-0.25, -0.2) is 0 Å². The molecule has 0 amide bonds. The minimum absolute atomic E-state index is 0.169. The summed E-state index contributed by atoms with van der Waals surface area (Å²) in [6.07, 6.45) is 7.37. The molecule has 0 radical (unpaired) electrons. The van der Waals surface area contributed by atoms with Crippen molar-refractivity contribution in [2.45, 2.75) is 38.4 Å². The minimum atomic E-state index is -0.650. The highest BCUT2D eigenvalue weighted by atomic mass is 32.2. The van der Waals surface area contributed by atoms with Gasteiger partial charge in [-0.15, -0.1) is 12.3 Å². The number of terminal acetylenes is 1. The summed E-state index contributed by atoms with van der Waals surface area (Å²) in [6.45, 7) is 3.04. The van der Waals surface area contributed by atoms with Gasteiger partial charge in [-0.1, -0.05) is 0 Å². The lowest BCUT2D eigenvalue weighted by molar-refractivity contribution is -0.289. The van der Waals surface area contributed by atoms with Gasteiger partial charge in [0.15, 0.2) is 5.79 Å². The zero-order chi connectivity index (χ0) is 20.2. The van der Waals surface area contributed by atoms with Crippen LogP contribution in [0, 0.1) is 17.8 Å². The summed E-state index contributed by atoms with van der Waals surface area (Å²) in [5.74, 6) is 4.55. The van der Waals surface area contributed by atoms with Gasteiger partial charge >= 0.3 is 11.9 Å². The van der Waals surface area contributed by atoms with E-state index in [0.29, 0.717) is 50.4 Å². The monoisotopic (exact) mass is 418 g/mol. The molecule has 0 bridgehead atoms. The Morgan fingerprint density at radius 3 is 1.93 bits per heavy atom. The molecule has 1 rings (SSSR count). The molecule has 0 aromatic heterocycles. The third-order valence-electron chi connectivity index (χ3n) is 4.26. The third kappa shape index (κ3) is 9.24. The van der Waals surface area contributed by atoms with Crippen molar-refractivity contribution in [2.24, 2.45) is 5.41 Å². The highest BCUT2D eigenvalue weighted by molar-refractivity contribution is 8.00. The van der Waals surface area contributed by atoms with E-state index in [4.69, 9.17) is 15.9 Å². The van der Waals surface area contributed by atoms with E-state index in [1.54, 1.807) is 23.5 Å². The second-order valence-electron chi connectivity index (χ2n) is 6.67. The van der Waals surface area contributed by atoms with Crippen LogP contribution in [0.25, 0.3) is 0 Å². The van der Waals surface area contributed by atoms with E-state index in [2.05, 4.69) is 15.4 Å². The maximum atomic E-state index is 11.3. The van der Waals surface area contributed by atoms with Crippen LogP contribution < -0.4 is 0 Å². The summed E-state index contributed by atoms with van der Waals surface area (Å²) < 4.78 is 21.5. The van der Waals surface area contributed by atoms with Crippen LogP contribution in [0.5, 0.6) is 0 Å². The summed E-state index contributed by atoms with van der Waals surface area (Å²) in [7, 11) is 2.79. The van der Waals surface area contributed by atoms with Gasteiger partial charge in [-0.2, -0.15) is 23.5 Å². The second kappa shape index (κ2) is 12.6. The molecule has 1 aliphatic heterocycles. The Kier molecular flexibility index (Phi) is 11.2. The zero-order valence-electron chi connectivity index (χ0n) is 16.4. The van der Waals surface area contributed by atoms with Crippen LogP contribution in [0.2, 0.25) is 0 Å². The lowest BCUT2D eigenvalue weighted by Gasteiger charge is -2.44. The van der Waals surface area contributed by atoms with E-state index in [-0.39, 0.29) is 17.4 Å². The van der Waals surface area contributed by atoms with Crippen molar-refractivity contribution in [2.75, 3.05) is 50.4 Å². The molecule has 1 heterocycles. The number of thioether (sulfide) groups is 2.